The van der Waals surface area contributed by atoms with Crippen molar-refractivity contribution in [2.75, 3.05) is 49.5 Å². The summed E-state index contributed by atoms with van der Waals surface area (Å²) in [5, 5.41) is 3.32. The lowest BCUT2D eigenvalue weighted by molar-refractivity contribution is -0.895. The molecule has 0 unspecified atom stereocenters. The van der Waals surface area contributed by atoms with Gasteiger partial charge in [0.2, 0.25) is 5.91 Å². The monoisotopic (exact) mass is 414 g/mol. The van der Waals surface area contributed by atoms with Crippen LogP contribution >= 0.6 is 11.6 Å². The topological polar surface area (TPSA) is 88.0 Å². The maximum atomic E-state index is 12.4. The highest BCUT2D eigenvalue weighted by Gasteiger charge is 2.32. The van der Waals surface area contributed by atoms with Crippen molar-refractivity contribution in [3.05, 3.63) is 29.3 Å². The van der Waals surface area contributed by atoms with E-state index in [1.165, 1.54) is 0 Å². The summed E-state index contributed by atoms with van der Waals surface area (Å²) in [4.78, 5) is 27.5. The number of quaternary nitrogens is 1. The van der Waals surface area contributed by atoms with E-state index in [2.05, 4.69) is 5.32 Å². The second kappa shape index (κ2) is 8.58. The highest BCUT2D eigenvalue weighted by Crippen LogP contribution is 2.22. The van der Waals surface area contributed by atoms with Crippen LogP contribution in [0.25, 0.3) is 0 Å². The van der Waals surface area contributed by atoms with Crippen LogP contribution in [0.4, 0.5) is 5.69 Å². The average Bonchev–Trinajstić information content (AvgIpc) is 2.96. The number of halogens is 1. The van der Waals surface area contributed by atoms with E-state index in [0.29, 0.717) is 56.3 Å². The molecule has 1 aromatic rings. The zero-order valence-electron chi connectivity index (χ0n) is 15.1. The first-order chi connectivity index (χ1) is 12.8. The van der Waals surface area contributed by atoms with Gasteiger partial charge in [0.25, 0.3) is 5.91 Å². The van der Waals surface area contributed by atoms with E-state index in [0.717, 1.165) is 4.90 Å². The van der Waals surface area contributed by atoms with Gasteiger partial charge in [-0.05, 0) is 24.5 Å². The first-order valence-electron chi connectivity index (χ1n) is 9.18. The van der Waals surface area contributed by atoms with Crippen LogP contribution in [-0.4, -0.2) is 69.4 Å². The van der Waals surface area contributed by atoms with Gasteiger partial charge in [-0.1, -0.05) is 23.7 Å². The maximum absolute atomic E-state index is 12.4. The lowest BCUT2D eigenvalue weighted by atomic mass is 10.0. The fourth-order valence-corrected chi connectivity index (χ4v) is 5.69. The zero-order chi connectivity index (χ0) is 19.4. The molecule has 3 rings (SSSR count). The van der Waals surface area contributed by atoms with Crippen LogP contribution in [0.5, 0.6) is 0 Å². The molecule has 2 saturated heterocycles. The van der Waals surface area contributed by atoms with Gasteiger partial charge in [-0.3, -0.25) is 9.59 Å². The SMILES string of the molecule is O=C(C[NH+]1CCN(C(=O)C[C@@H]2CCS(=O)(=O)C2)CC1)Nc1ccccc1Cl. The van der Waals surface area contributed by atoms with Crippen molar-refractivity contribution < 1.29 is 22.9 Å². The summed E-state index contributed by atoms with van der Waals surface area (Å²) in [6, 6.07) is 7.11. The minimum Gasteiger partial charge on any atom is -0.331 e. The van der Waals surface area contributed by atoms with Gasteiger partial charge in [0, 0.05) is 6.42 Å². The van der Waals surface area contributed by atoms with E-state index < -0.39 is 9.84 Å². The minimum absolute atomic E-state index is 0.0247. The predicted octanol–water partition coefficient (Wildman–Crippen LogP) is -0.170. The summed E-state index contributed by atoms with van der Waals surface area (Å²) < 4.78 is 23.0. The van der Waals surface area contributed by atoms with Crippen LogP contribution in [0, 0.1) is 5.92 Å². The molecule has 2 heterocycles. The third-order valence-electron chi connectivity index (χ3n) is 5.17. The van der Waals surface area contributed by atoms with Gasteiger partial charge < -0.3 is 15.1 Å². The Morgan fingerprint density at radius 3 is 2.56 bits per heavy atom. The highest BCUT2D eigenvalue weighted by molar-refractivity contribution is 7.91. The van der Waals surface area contributed by atoms with Crippen LogP contribution < -0.4 is 10.2 Å². The number of amides is 2. The molecule has 148 valence electrons. The quantitative estimate of drug-likeness (QED) is 0.700. The van der Waals surface area contributed by atoms with Crippen molar-refractivity contribution in [3.63, 3.8) is 0 Å². The van der Waals surface area contributed by atoms with Gasteiger partial charge in [0.1, 0.15) is 0 Å². The van der Waals surface area contributed by atoms with Gasteiger partial charge in [-0.25, -0.2) is 8.42 Å². The van der Waals surface area contributed by atoms with Crippen molar-refractivity contribution in [2.24, 2.45) is 5.92 Å². The van der Waals surface area contributed by atoms with Crippen LogP contribution in [0.1, 0.15) is 12.8 Å². The fourth-order valence-electron chi connectivity index (χ4n) is 3.64. The van der Waals surface area contributed by atoms with Crippen molar-refractivity contribution in [3.8, 4) is 0 Å². The molecule has 0 bridgehead atoms. The average molecular weight is 415 g/mol. The normalized spacial score (nSPS) is 22.6. The molecule has 2 N–H and O–H groups in total. The van der Waals surface area contributed by atoms with E-state index in [-0.39, 0.29) is 29.2 Å². The van der Waals surface area contributed by atoms with Crippen molar-refractivity contribution in [1.82, 2.24) is 4.90 Å². The van der Waals surface area contributed by atoms with E-state index in [9.17, 15) is 18.0 Å². The number of sulfone groups is 1. The zero-order valence-corrected chi connectivity index (χ0v) is 16.7. The van der Waals surface area contributed by atoms with Crippen molar-refractivity contribution in [2.45, 2.75) is 12.8 Å². The molecule has 27 heavy (non-hydrogen) atoms. The van der Waals surface area contributed by atoms with E-state index >= 15 is 0 Å². The Kier molecular flexibility index (Phi) is 6.39. The Labute approximate surface area is 164 Å². The third-order valence-corrected chi connectivity index (χ3v) is 7.34. The summed E-state index contributed by atoms with van der Waals surface area (Å²) in [7, 11) is -2.95. The molecule has 7 nitrogen and oxygen atoms in total. The minimum atomic E-state index is -2.95. The molecule has 0 spiro atoms. The molecule has 0 saturated carbocycles. The predicted molar refractivity (Wildman–Crippen MR) is 104 cm³/mol. The van der Waals surface area contributed by atoms with E-state index in [1.54, 1.807) is 23.1 Å². The number of para-hydroxylation sites is 1. The Hall–Kier alpha value is -1.64. The van der Waals surface area contributed by atoms with Gasteiger partial charge in [-0.2, -0.15) is 0 Å². The second-order valence-corrected chi connectivity index (χ2v) is 9.94. The molecule has 2 aliphatic heterocycles. The van der Waals surface area contributed by atoms with Gasteiger partial charge in [0.05, 0.1) is 48.4 Å². The van der Waals surface area contributed by atoms with Crippen molar-refractivity contribution >= 4 is 38.9 Å². The highest BCUT2D eigenvalue weighted by atomic mass is 35.5. The number of nitrogens with zero attached hydrogens (tertiary/aromatic N) is 1. The number of carbonyl (C=O) groups excluding carboxylic acids is 2. The molecular weight excluding hydrogens is 390 g/mol. The number of anilines is 1. The summed E-state index contributed by atoms with van der Waals surface area (Å²) in [5.74, 6) is 0.204. The smallest absolute Gasteiger partial charge is 0.279 e. The van der Waals surface area contributed by atoms with Crippen molar-refractivity contribution in [1.29, 1.82) is 0 Å². The first-order valence-corrected chi connectivity index (χ1v) is 11.4. The number of piperazine rings is 1. The van der Waals surface area contributed by atoms with E-state index in [1.807, 2.05) is 6.07 Å². The van der Waals surface area contributed by atoms with Gasteiger partial charge >= 0.3 is 0 Å². The number of hydrogen-bond acceptors (Lipinski definition) is 4. The van der Waals surface area contributed by atoms with Crippen LogP contribution in [0.3, 0.4) is 0 Å². The summed E-state index contributed by atoms with van der Waals surface area (Å²) in [6.07, 6.45) is 0.892. The molecule has 0 radical (unpaired) electrons. The Morgan fingerprint density at radius 1 is 1.22 bits per heavy atom. The lowest BCUT2D eigenvalue weighted by Crippen LogP contribution is -3.15. The molecule has 0 aromatic heterocycles. The number of rotatable bonds is 5. The first kappa shape index (κ1) is 20.1. The van der Waals surface area contributed by atoms with E-state index in [4.69, 9.17) is 11.6 Å². The Balaban J connectivity index is 1.41. The van der Waals surface area contributed by atoms with Crippen LogP contribution in [0.15, 0.2) is 24.3 Å². The molecule has 2 amide bonds. The lowest BCUT2D eigenvalue weighted by Gasteiger charge is -2.32. The molecular formula is C18H25ClN3O4S+. The summed E-state index contributed by atoms with van der Waals surface area (Å²) >= 11 is 6.05. The van der Waals surface area contributed by atoms with Gasteiger partial charge in [0.15, 0.2) is 16.4 Å². The number of hydrogen-bond donors (Lipinski definition) is 2. The van der Waals surface area contributed by atoms with Crippen LogP contribution in [0.2, 0.25) is 5.02 Å². The molecule has 2 fully saturated rings. The molecule has 1 atom stereocenters. The summed E-state index contributed by atoms with van der Waals surface area (Å²) in [6.45, 7) is 2.91. The Morgan fingerprint density at radius 2 is 1.93 bits per heavy atom. The standard InChI is InChI=1S/C18H24ClN3O4S/c19-15-3-1-2-4-16(15)20-17(23)12-21-6-8-22(9-7-21)18(24)11-14-5-10-27(25,26)13-14/h1-4,14H,5-13H2,(H,20,23)/p+1/t14-/m0/s1. The third kappa shape index (κ3) is 5.67. The number of benzene rings is 1. The van der Waals surface area contributed by atoms with Crippen LogP contribution in [-0.2, 0) is 19.4 Å². The molecule has 2 aliphatic rings. The number of nitrogens with one attached hydrogen (secondary N) is 2. The molecule has 1 aromatic carbocycles. The second-order valence-electron chi connectivity index (χ2n) is 7.31. The van der Waals surface area contributed by atoms with Gasteiger partial charge in [-0.15, -0.1) is 0 Å². The summed E-state index contributed by atoms with van der Waals surface area (Å²) in [5.41, 5.74) is 0.601. The number of carbonyl (C=O) groups is 2. The fraction of sp³-hybridized carbons (Fsp3) is 0.556. The largest absolute Gasteiger partial charge is 0.331 e. The molecule has 0 aliphatic carbocycles. The Bertz CT molecular complexity index is 807. The molecule has 9 heteroatoms. The maximum Gasteiger partial charge on any atom is 0.279 e.